The molecule has 3 heteroatoms. The van der Waals surface area contributed by atoms with E-state index in [4.69, 9.17) is 0 Å². The van der Waals surface area contributed by atoms with E-state index < -0.39 is 6.10 Å². The summed E-state index contributed by atoms with van der Waals surface area (Å²) >= 11 is 0. The Morgan fingerprint density at radius 3 is 2.22 bits per heavy atom. The molecular formula is C20H25NO2. The molecule has 1 atom stereocenters. The number of carbonyl (C=O) groups is 1. The maximum absolute atomic E-state index is 12.1. The summed E-state index contributed by atoms with van der Waals surface area (Å²) in [5, 5.41) is 12.9. The minimum absolute atomic E-state index is 0.0782. The first-order valence-corrected chi connectivity index (χ1v) is 7.99. The minimum atomic E-state index is -0.556. The van der Waals surface area contributed by atoms with Gasteiger partial charge in [0.1, 0.15) is 0 Å². The molecule has 0 radical (unpaired) electrons. The largest absolute Gasteiger partial charge is 0.388 e. The minimum Gasteiger partial charge on any atom is -0.388 e. The topological polar surface area (TPSA) is 49.3 Å². The van der Waals surface area contributed by atoms with Gasteiger partial charge in [0.05, 0.1) is 6.10 Å². The fourth-order valence-electron chi connectivity index (χ4n) is 2.39. The first-order valence-electron chi connectivity index (χ1n) is 7.99. The molecule has 2 aromatic rings. The maximum atomic E-state index is 12.1. The Labute approximate surface area is 138 Å². The number of nitrogens with one attached hydrogen (secondary N) is 1. The lowest BCUT2D eigenvalue weighted by Crippen LogP contribution is -2.25. The second-order valence-corrected chi connectivity index (χ2v) is 6.80. The van der Waals surface area contributed by atoms with Crippen molar-refractivity contribution in [1.82, 2.24) is 5.32 Å². The Bertz CT molecular complexity index is 627. The van der Waals surface area contributed by atoms with Crippen molar-refractivity contribution in [2.45, 2.75) is 38.7 Å². The van der Waals surface area contributed by atoms with Crippen molar-refractivity contribution in [3.8, 4) is 0 Å². The normalized spacial score (nSPS) is 12.7. The van der Waals surface area contributed by atoms with Crippen LogP contribution in [0.15, 0.2) is 54.6 Å². The Balaban J connectivity index is 1.85. The smallest absolute Gasteiger partial charge is 0.251 e. The lowest BCUT2D eigenvalue weighted by atomic mass is 9.87. The van der Waals surface area contributed by atoms with E-state index in [-0.39, 0.29) is 11.3 Å². The molecule has 0 bridgehead atoms. The summed E-state index contributed by atoms with van der Waals surface area (Å²) in [7, 11) is 0. The molecular weight excluding hydrogens is 286 g/mol. The molecule has 0 fully saturated rings. The standard InChI is InChI=1S/C20H25NO2/c1-20(2,3)17-11-9-16(10-12-17)19(23)21-14-13-18(22)15-7-5-4-6-8-15/h4-12,18,22H,13-14H2,1-3H3,(H,21,23)/t18-/m1/s1. The van der Waals surface area contributed by atoms with Gasteiger partial charge in [0.25, 0.3) is 5.91 Å². The third-order valence-electron chi connectivity index (χ3n) is 3.90. The molecule has 0 aliphatic rings. The predicted molar refractivity (Wildman–Crippen MR) is 93.5 cm³/mol. The maximum Gasteiger partial charge on any atom is 0.251 e. The molecule has 0 heterocycles. The van der Waals surface area contributed by atoms with Crippen molar-refractivity contribution in [2.75, 3.05) is 6.54 Å². The van der Waals surface area contributed by atoms with Gasteiger partial charge in [0.15, 0.2) is 0 Å². The zero-order valence-electron chi connectivity index (χ0n) is 14.0. The Morgan fingerprint density at radius 1 is 1.04 bits per heavy atom. The van der Waals surface area contributed by atoms with Crippen LogP contribution in [0.1, 0.15) is 54.8 Å². The third-order valence-corrected chi connectivity index (χ3v) is 3.90. The van der Waals surface area contributed by atoms with Gasteiger partial charge in [-0.15, -0.1) is 0 Å². The van der Waals surface area contributed by atoms with Gasteiger partial charge >= 0.3 is 0 Å². The molecule has 0 unspecified atom stereocenters. The molecule has 0 saturated heterocycles. The fourth-order valence-corrected chi connectivity index (χ4v) is 2.39. The second-order valence-electron chi connectivity index (χ2n) is 6.80. The highest BCUT2D eigenvalue weighted by Crippen LogP contribution is 2.22. The number of aliphatic hydroxyl groups excluding tert-OH is 1. The molecule has 1 amide bonds. The summed E-state index contributed by atoms with van der Waals surface area (Å²) in [6.45, 7) is 6.88. The van der Waals surface area contributed by atoms with Gasteiger partial charge < -0.3 is 10.4 Å². The summed E-state index contributed by atoms with van der Waals surface area (Å²) in [6.07, 6.45) is -0.0599. The van der Waals surface area contributed by atoms with E-state index >= 15 is 0 Å². The first-order chi connectivity index (χ1) is 10.9. The van der Waals surface area contributed by atoms with Crippen LogP contribution in [-0.2, 0) is 5.41 Å². The molecule has 2 aromatic carbocycles. The molecule has 23 heavy (non-hydrogen) atoms. The van der Waals surface area contributed by atoms with Gasteiger partial charge in [-0.25, -0.2) is 0 Å². The van der Waals surface area contributed by atoms with E-state index in [1.54, 1.807) is 0 Å². The van der Waals surface area contributed by atoms with Crippen LogP contribution in [0.4, 0.5) is 0 Å². The van der Waals surface area contributed by atoms with Crippen LogP contribution in [0.2, 0.25) is 0 Å². The van der Waals surface area contributed by atoms with Crippen LogP contribution in [0.25, 0.3) is 0 Å². The van der Waals surface area contributed by atoms with Gasteiger partial charge in [-0.1, -0.05) is 63.2 Å². The van der Waals surface area contributed by atoms with Crippen molar-refractivity contribution in [2.24, 2.45) is 0 Å². The van der Waals surface area contributed by atoms with Gasteiger partial charge in [0, 0.05) is 12.1 Å². The van der Waals surface area contributed by atoms with Crippen molar-refractivity contribution < 1.29 is 9.90 Å². The number of hydrogen-bond donors (Lipinski definition) is 2. The summed E-state index contributed by atoms with van der Waals surface area (Å²) in [4.78, 5) is 12.1. The molecule has 0 aliphatic heterocycles. The van der Waals surface area contributed by atoms with Crippen molar-refractivity contribution in [3.05, 3.63) is 71.3 Å². The Kier molecular flexibility index (Phi) is 5.56. The molecule has 0 aromatic heterocycles. The highest BCUT2D eigenvalue weighted by atomic mass is 16.3. The summed E-state index contributed by atoms with van der Waals surface area (Å²) in [5.41, 5.74) is 2.80. The molecule has 0 aliphatic carbocycles. The highest BCUT2D eigenvalue weighted by Gasteiger charge is 2.14. The molecule has 0 saturated carbocycles. The van der Waals surface area contributed by atoms with Gasteiger partial charge in [0.2, 0.25) is 0 Å². The number of rotatable bonds is 5. The second kappa shape index (κ2) is 7.42. The van der Waals surface area contributed by atoms with E-state index in [1.165, 1.54) is 5.56 Å². The third kappa shape index (κ3) is 4.93. The number of aliphatic hydroxyl groups is 1. The van der Waals surface area contributed by atoms with E-state index in [0.29, 0.717) is 18.5 Å². The number of benzene rings is 2. The summed E-state index contributed by atoms with van der Waals surface area (Å²) in [6, 6.07) is 17.2. The SMILES string of the molecule is CC(C)(C)c1ccc(C(=O)NCC[C@@H](O)c2ccccc2)cc1. The Hall–Kier alpha value is -2.13. The highest BCUT2D eigenvalue weighted by molar-refractivity contribution is 5.94. The van der Waals surface area contributed by atoms with Gasteiger partial charge in [-0.2, -0.15) is 0 Å². The van der Waals surface area contributed by atoms with Crippen LogP contribution in [0.3, 0.4) is 0 Å². The van der Waals surface area contributed by atoms with Crippen LogP contribution < -0.4 is 5.32 Å². The van der Waals surface area contributed by atoms with Crippen LogP contribution in [0.5, 0.6) is 0 Å². The van der Waals surface area contributed by atoms with Crippen molar-refractivity contribution >= 4 is 5.91 Å². The van der Waals surface area contributed by atoms with E-state index in [0.717, 1.165) is 5.56 Å². The monoisotopic (exact) mass is 311 g/mol. The lowest BCUT2D eigenvalue weighted by molar-refractivity contribution is 0.0942. The van der Waals surface area contributed by atoms with Crippen molar-refractivity contribution in [1.29, 1.82) is 0 Å². The lowest BCUT2D eigenvalue weighted by Gasteiger charge is -2.19. The molecule has 122 valence electrons. The van der Waals surface area contributed by atoms with Crippen LogP contribution in [-0.4, -0.2) is 17.6 Å². The quantitative estimate of drug-likeness (QED) is 0.881. The van der Waals surface area contributed by atoms with E-state index in [2.05, 4.69) is 26.1 Å². The molecule has 2 N–H and O–H groups in total. The number of hydrogen-bond acceptors (Lipinski definition) is 2. The van der Waals surface area contributed by atoms with Gasteiger partial charge in [-0.3, -0.25) is 4.79 Å². The van der Waals surface area contributed by atoms with Gasteiger partial charge in [-0.05, 0) is 35.1 Å². The van der Waals surface area contributed by atoms with E-state index in [1.807, 2.05) is 54.6 Å². The number of carbonyl (C=O) groups excluding carboxylic acids is 1. The molecule has 2 rings (SSSR count). The van der Waals surface area contributed by atoms with E-state index in [9.17, 15) is 9.90 Å². The predicted octanol–water partition coefficient (Wildman–Crippen LogP) is 3.84. The first kappa shape index (κ1) is 17.2. The average Bonchev–Trinajstić information content (AvgIpc) is 2.54. The average molecular weight is 311 g/mol. The van der Waals surface area contributed by atoms with Crippen LogP contribution >= 0.6 is 0 Å². The van der Waals surface area contributed by atoms with Crippen molar-refractivity contribution in [3.63, 3.8) is 0 Å². The van der Waals surface area contributed by atoms with Crippen LogP contribution in [0, 0.1) is 0 Å². The molecule has 0 spiro atoms. The fraction of sp³-hybridized carbons (Fsp3) is 0.350. The zero-order chi connectivity index (χ0) is 16.9. The summed E-state index contributed by atoms with van der Waals surface area (Å²) in [5.74, 6) is -0.106. The Morgan fingerprint density at radius 2 is 1.65 bits per heavy atom. The zero-order valence-corrected chi connectivity index (χ0v) is 14.0. The number of amides is 1. The summed E-state index contributed by atoms with van der Waals surface area (Å²) < 4.78 is 0. The molecule has 3 nitrogen and oxygen atoms in total.